The van der Waals surface area contributed by atoms with Crippen LogP contribution in [-0.4, -0.2) is 29.3 Å². The van der Waals surface area contributed by atoms with Crippen molar-refractivity contribution in [3.63, 3.8) is 0 Å². The molecule has 1 heterocycles. The van der Waals surface area contributed by atoms with Crippen LogP contribution in [0.4, 0.5) is 5.69 Å². The summed E-state index contributed by atoms with van der Waals surface area (Å²) in [6.07, 6.45) is 2.12. The number of carboxylic acids is 1. The predicted octanol–water partition coefficient (Wildman–Crippen LogP) is 3.56. The molecule has 4 nitrogen and oxygen atoms in total. The molecule has 1 aliphatic rings. The molecule has 0 bridgehead atoms. The Bertz CT molecular complexity index is 614. The number of methoxy groups -OCH3 is 1. The molecule has 0 saturated heterocycles. The monoisotopic (exact) mass is 289 g/mol. The molecule has 0 radical (unpaired) electrons. The smallest absolute Gasteiger partial charge is 0.328 e. The molecule has 0 aliphatic carbocycles. The van der Waals surface area contributed by atoms with Gasteiger partial charge in [-0.05, 0) is 52.3 Å². The van der Waals surface area contributed by atoms with E-state index in [2.05, 4.69) is 13.0 Å². The third-order valence-electron chi connectivity index (χ3n) is 4.10. The minimum Gasteiger partial charge on any atom is -0.497 e. The molecule has 2 rings (SSSR count). The van der Waals surface area contributed by atoms with Gasteiger partial charge in [0.25, 0.3) is 0 Å². The highest BCUT2D eigenvalue weighted by Crippen LogP contribution is 2.44. The average molecular weight is 289 g/mol. The van der Waals surface area contributed by atoms with Crippen LogP contribution in [0.25, 0.3) is 5.57 Å². The molecule has 0 aromatic heterocycles. The molecule has 0 unspecified atom stereocenters. The zero-order valence-corrected chi connectivity index (χ0v) is 13.5. The molecular formula is C17H23NO3. The van der Waals surface area contributed by atoms with Gasteiger partial charge in [-0.3, -0.25) is 0 Å². The van der Waals surface area contributed by atoms with Gasteiger partial charge in [0.15, 0.2) is 0 Å². The van der Waals surface area contributed by atoms with Gasteiger partial charge < -0.3 is 14.7 Å². The van der Waals surface area contributed by atoms with Gasteiger partial charge in [-0.1, -0.05) is 6.08 Å². The van der Waals surface area contributed by atoms with E-state index >= 15 is 0 Å². The summed E-state index contributed by atoms with van der Waals surface area (Å²) >= 11 is 0. The Hall–Kier alpha value is -1.97. The van der Waals surface area contributed by atoms with Gasteiger partial charge in [0.05, 0.1) is 12.6 Å². The molecule has 0 fully saturated rings. The predicted molar refractivity (Wildman–Crippen MR) is 84.9 cm³/mol. The topological polar surface area (TPSA) is 49.8 Å². The first-order chi connectivity index (χ1) is 9.61. The van der Waals surface area contributed by atoms with E-state index in [9.17, 15) is 9.90 Å². The van der Waals surface area contributed by atoms with Gasteiger partial charge in [-0.2, -0.15) is 0 Å². The fourth-order valence-electron chi connectivity index (χ4n) is 3.26. The molecule has 21 heavy (non-hydrogen) atoms. The van der Waals surface area contributed by atoms with Crippen molar-refractivity contribution in [2.24, 2.45) is 0 Å². The number of carboxylic acid groups (broad SMARTS) is 1. The second kappa shape index (κ2) is 4.79. The molecule has 0 atom stereocenters. The van der Waals surface area contributed by atoms with Crippen molar-refractivity contribution >= 4 is 17.2 Å². The van der Waals surface area contributed by atoms with Crippen LogP contribution in [0.2, 0.25) is 0 Å². The van der Waals surface area contributed by atoms with Gasteiger partial charge in [0.2, 0.25) is 0 Å². The average Bonchev–Trinajstić information content (AvgIpc) is 2.36. The number of carbonyl (C=O) groups is 1. The first-order valence-electron chi connectivity index (χ1n) is 7.03. The Kier molecular flexibility index (Phi) is 3.52. The molecule has 4 heteroatoms. The Labute approximate surface area is 126 Å². The fourth-order valence-corrected chi connectivity index (χ4v) is 3.26. The highest BCUT2D eigenvalue weighted by molar-refractivity contribution is 5.89. The summed E-state index contributed by atoms with van der Waals surface area (Å²) in [4.78, 5) is 13.7. The Morgan fingerprint density at radius 1 is 1.33 bits per heavy atom. The standard InChI is InChI=1S/C17H23NO3/c1-11-10-16(2,3)18(17(4,5)15(19)20)14-9-12(21-6)7-8-13(11)14/h7-10H,1-6H3,(H,19,20). The van der Waals surface area contributed by atoms with Crippen molar-refractivity contribution in [2.45, 2.75) is 45.7 Å². The number of anilines is 1. The largest absolute Gasteiger partial charge is 0.497 e. The summed E-state index contributed by atoms with van der Waals surface area (Å²) in [5.41, 5.74) is 1.67. The normalized spacial score (nSPS) is 17.0. The van der Waals surface area contributed by atoms with Crippen LogP contribution in [0.1, 0.15) is 40.2 Å². The number of fused-ring (bicyclic) bond motifs is 1. The van der Waals surface area contributed by atoms with Crippen molar-refractivity contribution in [1.82, 2.24) is 0 Å². The molecule has 0 amide bonds. The SMILES string of the molecule is COc1ccc2c(c1)N(C(C)(C)C(=O)O)C(C)(C)C=C2C. The van der Waals surface area contributed by atoms with Crippen LogP contribution in [0, 0.1) is 0 Å². The highest BCUT2D eigenvalue weighted by Gasteiger charge is 2.44. The number of hydrogen-bond acceptors (Lipinski definition) is 3. The third kappa shape index (κ3) is 2.39. The molecule has 1 aromatic rings. The fraction of sp³-hybridized carbons (Fsp3) is 0.471. The van der Waals surface area contributed by atoms with E-state index in [-0.39, 0.29) is 0 Å². The number of rotatable bonds is 3. The van der Waals surface area contributed by atoms with Gasteiger partial charge in [0.1, 0.15) is 11.3 Å². The molecule has 0 saturated carbocycles. The van der Waals surface area contributed by atoms with E-state index in [4.69, 9.17) is 4.74 Å². The maximum atomic E-state index is 11.8. The number of ether oxygens (including phenoxy) is 1. The van der Waals surface area contributed by atoms with Crippen molar-refractivity contribution < 1.29 is 14.6 Å². The van der Waals surface area contributed by atoms with Crippen LogP contribution >= 0.6 is 0 Å². The molecular weight excluding hydrogens is 266 g/mol. The Balaban J connectivity index is 2.73. The maximum Gasteiger partial charge on any atom is 0.328 e. The summed E-state index contributed by atoms with van der Waals surface area (Å²) in [6, 6.07) is 5.80. The first kappa shape index (κ1) is 15.4. The van der Waals surface area contributed by atoms with Crippen molar-refractivity contribution in [3.8, 4) is 5.75 Å². The third-order valence-corrected chi connectivity index (χ3v) is 4.10. The van der Waals surface area contributed by atoms with Crippen LogP contribution in [0.15, 0.2) is 24.3 Å². The summed E-state index contributed by atoms with van der Waals surface area (Å²) in [6.45, 7) is 9.58. The lowest BCUT2D eigenvalue weighted by molar-refractivity contribution is -0.142. The van der Waals surface area contributed by atoms with Crippen molar-refractivity contribution in [2.75, 3.05) is 12.0 Å². The van der Waals surface area contributed by atoms with E-state index < -0.39 is 17.0 Å². The van der Waals surface area contributed by atoms with E-state index in [1.54, 1.807) is 21.0 Å². The summed E-state index contributed by atoms with van der Waals surface area (Å²) in [7, 11) is 1.62. The molecule has 1 aliphatic heterocycles. The van der Waals surface area contributed by atoms with Crippen LogP contribution in [0.5, 0.6) is 5.75 Å². The number of hydrogen-bond donors (Lipinski definition) is 1. The van der Waals surface area contributed by atoms with Crippen molar-refractivity contribution in [3.05, 3.63) is 29.8 Å². The minimum absolute atomic E-state index is 0.397. The molecule has 1 aromatic carbocycles. The quantitative estimate of drug-likeness (QED) is 0.924. The Morgan fingerprint density at radius 3 is 2.48 bits per heavy atom. The maximum absolute atomic E-state index is 11.8. The first-order valence-corrected chi connectivity index (χ1v) is 7.03. The summed E-state index contributed by atoms with van der Waals surface area (Å²) < 4.78 is 5.31. The Morgan fingerprint density at radius 2 is 1.95 bits per heavy atom. The van der Waals surface area contributed by atoms with Crippen LogP contribution in [-0.2, 0) is 4.79 Å². The number of allylic oxidation sites excluding steroid dienone is 1. The van der Waals surface area contributed by atoms with Crippen molar-refractivity contribution in [1.29, 1.82) is 0 Å². The lowest BCUT2D eigenvalue weighted by atomic mass is 9.84. The number of aliphatic carboxylic acids is 1. The van der Waals surface area contributed by atoms with E-state index in [1.807, 2.05) is 36.9 Å². The van der Waals surface area contributed by atoms with Gasteiger partial charge in [0, 0.05) is 17.3 Å². The summed E-state index contributed by atoms with van der Waals surface area (Å²) in [5.74, 6) is -0.122. The molecule has 0 spiro atoms. The zero-order chi connectivity index (χ0) is 16.0. The minimum atomic E-state index is -1.03. The molecule has 1 N–H and O–H groups in total. The zero-order valence-electron chi connectivity index (χ0n) is 13.5. The van der Waals surface area contributed by atoms with Gasteiger partial charge in [-0.15, -0.1) is 0 Å². The van der Waals surface area contributed by atoms with Crippen LogP contribution in [0.3, 0.4) is 0 Å². The lowest BCUT2D eigenvalue weighted by Gasteiger charge is -2.50. The van der Waals surface area contributed by atoms with Gasteiger partial charge in [-0.25, -0.2) is 4.79 Å². The number of nitrogens with zero attached hydrogens (tertiary/aromatic N) is 1. The second-order valence-corrected chi connectivity index (χ2v) is 6.56. The van der Waals surface area contributed by atoms with E-state index in [0.717, 1.165) is 22.6 Å². The van der Waals surface area contributed by atoms with E-state index in [0.29, 0.717) is 0 Å². The highest BCUT2D eigenvalue weighted by atomic mass is 16.5. The van der Waals surface area contributed by atoms with E-state index in [1.165, 1.54) is 0 Å². The summed E-state index contributed by atoms with van der Waals surface area (Å²) in [5, 5.41) is 9.65. The van der Waals surface area contributed by atoms with Gasteiger partial charge >= 0.3 is 5.97 Å². The number of benzene rings is 1. The van der Waals surface area contributed by atoms with Crippen LogP contribution < -0.4 is 9.64 Å². The molecule has 114 valence electrons. The second-order valence-electron chi connectivity index (χ2n) is 6.56. The lowest BCUT2D eigenvalue weighted by Crippen LogP contribution is -2.60.